The second kappa shape index (κ2) is 7.69. The number of carbonyl (C=O) groups excluding carboxylic acids is 1. The number of amides is 1. The van der Waals surface area contributed by atoms with Gasteiger partial charge in [-0.05, 0) is 69.4 Å². The van der Waals surface area contributed by atoms with Crippen LogP contribution in [-0.4, -0.2) is 24.2 Å². The van der Waals surface area contributed by atoms with E-state index in [2.05, 4.69) is 60.7 Å². The quantitative estimate of drug-likeness (QED) is 0.394. The molecule has 1 aromatic carbocycles. The minimum absolute atomic E-state index is 0.318. The number of rotatable bonds is 4. The van der Waals surface area contributed by atoms with Crippen molar-refractivity contribution >= 4 is 57.3 Å². The predicted molar refractivity (Wildman–Crippen MR) is 97.7 cm³/mol. The molecule has 0 saturated heterocycles. The lowest BCUT2D eigenvalue weighted by molar-refractivity contribution is 0.0950. The van der Waals surface area contributed by atoms with Crippen molar-refractivity contribution < 1.29 is 9.53 Å². The summed E-state index contributed by atoms with van der Waals surface area (Å²) < 4.78 is 7.40. The smallest absolute Gasteiger partial charge is 0.289 e. The fraction of sp³-hybridized carbons (Fsp3) is 0.0714. The molecule has 0 saturated carbocycles. The Morgan fingerprint density at radius 1 is 1.38 bits per heavy atom. The van der Waals surface area contributed by atoms with Crippen molar-refractivity contribution in [3.05, 3.63) is 54.9 Å². The summed E-state index contributed by atoms with van der Waals surface area (Å²) in [4.78, 5) is 15.8. The van der Waals surface area contributed by atoms with Crippen LogP contribution in [0.3, 0.4) is 0 Å². The van der Waals surface area contributed by atoms with Crippen molar-refractivity contribution in [2.75, 3.05) is 7.11 Å². The molecule has 0 aliphatic rings. The molecule has 0 aliphatic carbocycles. The minimum atomic E-state index is -0.355. The van der Waals surface area contributed by atoms with Crippen molar-refractivity contribution in [3.63, 3.8) is 0 Å². The van der Waals surface area contributed by atoms with Gasteiger partial charge < -0.3 is 4.74 Å². The van der Waals surface area contributed by atoms with Gasteiger partial charge in [-0.25, -0.2) is 5.43 Å². The number of nitrogens with one attached hydrogen (secondary N) is 1. The molecule has 0 radical (unpaired) electrons. The third kappa shape index (κ3) is 4.37. The van der Waals surface area contributed by atoms with Gasteiger partial charge in [0.2, 0.25) is 0 Å². The van der Waals surface area contributed by atoms with Crippen LogP contribution < -0.4 is 10.2 Å². The van der Waals surface area contributed by atoms with Gasteiger partial charge in [-0.15, -0.1) is 0 Å². The molecule has 2 aromatic rings. The van der Waals surface area contributed by atoms with Gasteiger partial charge >= 0.3 is 0 Å². The van der Waals surface area contributed by atoms with Crippen molar-refractivity contribution in [1.82, 2.24) is 10.4 Å². The van der Waals surface area contributed by atoms with Crippen LogP contribution >= 0.6 is 45.2 Å². The molecule has 108 valence electrons. The molecule has 0 atom stereocenters. The first-order valence-corrected chi connectivity index (χ1v) is 8.05. The summed E-state index contributed by atoms with van der Waals surface area (Å²) in [5.41, 5.74) is 3.56. The molecule has 0 fully saturated rings. The van der Waals surface area contributed by atoms with E-state index < -0.39 is 0 Å². The van der Waals surface area contributed by atoms with E-state index in [4.69, 9.17) is 4.74 Å². The van der Waals surface area contributed by atoms with Gasteiger partial charge in [0.15, 0.2) is 0 Å². The summed E-state index contributed by atoms with van der Waals surface area (Å²) in [5.74, 6) is 0.373. The molecule has 0 aliphatic heterocycles. The summed E-state index contributed by atoms with van der Waals surface area (Å²) in [6.45, 7) is 0. The second-order valence-corrected chi connectivity index (χ2v) is 6.33. The van der Waals surface area contributed by atoms with E-state index in [1.54, 1.807) is 37.7 Å². The van der Waals surface area contributed by atoms with Crippen molar-refractivity contribution in [3.8, 4) is 5.75 Å². The summed E-state index contributed by atoms with van der Waals surface area (Å²) in [6, 6.07) is 9.05. The molecule has 1 heterocycles. The maximum atomic E-state index is 11.8. The molecule has 0 spiro atoms. The monoisotopic (exact) mass is 507 g/mol. The van der Waals surface area contributed by atoms with E-state index >= 15 is 0 Å². The molecular formula is C14H11I2N3O2. The Hall–Kier alpha value is -1.23. The molecule has 1 aromatic heterocycles. The Morgan fingerprint density at radius 2 is 2.19 bits per heavy atom. The number of benzene rings is 1. The number of ether oxygens (including phenoxy) is 1. The average molecular weight is 507 g/mol. The van der Waals surface area contributed by atoms with Gasteiger partial charge in [-0.1, -0.05) is 6.07 Å². The Kier molecular flexibility index (Phi) is 5.91. The summed E-state index contributed by atoms with van der Waals surface area (Å²) >= 11 is 4.42. The zero-order valence-electron chi connectivity index (χ0n) is 11.0. The lowest BCUT2D eigenvalue weighted by atomic mass is 10.2. The topological polar surface area (TPSA) is 63.6 Å². The van der Waals surface area contributed by atoms with E-state index in [1.807, 2.05) is 12.1 Å². The third-order valence-corrected chi connectivity index (χ3v) is 3.93. The van der Waals surface area contributed by atoms with E-state index in [-0.39, 0.29) is 5.91 Å². The minimum Gasteiger partial charge on any atom is -0.495 e. The number of halogens is 2. The SMILES string of the molecule is COc1c(I)cc(I)cc1/C=N\NC(=O)c1ccccn1. The Labute approximate surface area is 149 Å². The lowest BCUT2D eigenvalue weighted by Crippen LogP contribution is -2.18. The lowest BCUT2D eigenvalue weighted by Gasteiger charge is -2.07. The fourth-order valence-electron chi connectivity index (χ4n) is 1.61. The normalized spacial score (nSPS) is 10.6. The summed E-state index contributed by atoms with van der Waals surface area (Å²) in [7, 11) is 1.61. The van der Waals surface area contributed by atoms with Gasteiger partial charge in [0.05, 0.1) is 16.9 Å². The molecule has 0 bridgehead atoms. The van der Waals surface area contributed by atoms with Crippen LogP contribution in [0.2, 0.25) is 0 Å². The zero-order chi connectivity index (χ0) is 15.2. The Balaban J connectivity index is 2.13. The highest BCUT2D eigenvalue weighted by atomic mass is 127. The van der Waals surface area contributed by atoms with E-state index in [0.29, 0.717) is 5.69 Å². The number of nitrogens with zero attached hydrogens (tertiary/aromatic N) is 2. The van der Waals surface area contributed by atoms with E-state index in [9.17, 15) is 4.79 Å². The number of hydrazone groups is 1. The van der Waals surface area contributed by atoms with Crippen LogP contribution in [0.1, 0.15) is 16.1 Å². The third-order valence-electron chi connectivity index (χ3n) is 2.51. The fourth-order valence-corrected chi connectivity index (χ4v) is 3.72. The molecule has 0 unspecified atom stereocenters. The van der Waals surface area contributed by atoms with Gasteiger partial charge in [-0.3, -0.25) is 9.78 Å². The highest BCUT2D eigenvalue weighted by Gasteiger charge is 2.08. The molecule has 1 amide bonds. The molecule has 21 heavy (non-hydrogen) atoms. The number of aromatic nitrogens is 1. The number of hydrogen-bond acceptors (Lipinski definition) is 4. The Morgan fingerprint density at radius 3 is 2.86 bits per heavy atom. The van der Waals surface area contributed by atoms with Gasteiger partial charge in [0.25, 0.3) is 5.91 Å². The van der Waals surface area contributed by atoms with Crippen LogP contribution in [-0.2, 0) is 0 Å². The number of hydrogen-bond donors (Lipinski definition) is 1. The van der Waals surface area contributed by atoms with Crippen LogP contribution in [0.15, 0.2) is 41.6 Å². The maximum absolute atomic E-state index is 11.8. The second-order valence-electron chi connectivity index (χ2n) is 3.92. The van der Waals surface area contributed by atoms with Crippen molar-refractivity contribution in [1.29, 1.82) is 0 Å². The van der Waals surface area contributed by atoms with Crippen LogP contribution in [0.5, 0.6) is 5.75 Å². The first-order chi connectivity index (χ1) is 10.1. The molecule has 2 rings (SSSR count). The van der Waals surface area contributed by atoms with Crippen molar-refractivity contribution in [2.24, 2.45) is 5.10 Å². The summed E-state index contributed by atoms with van der Waals surface area (Å²) in [5, 5.41) is 3.96. The molecule has 5 nitrogen and oxygen atoms in total. The number of carbonyl (C=O) groups is 1. The predicted octanol–water partition coefficient (Wildman–Crippen LogP) is 3.06. The molecule has 7 heteroatoms. The highest BCUT2D eigenvalue weighted by Crippen LogP contribution is 2.26. The standard InChI is InChI=1S/C14H11I2N3O2/c1-21-13-9(6-10(15)7-11(13)16)8-18-19-14(20)12-4-2-3-5-17-12/h2-8H,1H3,(H,19,20)/b18-8-. The van der Waals surface area contributed by atoms with Gasteiger partial charge in [-0.2, -0.15) is 5.10 Å². The van der Waals surface area contributed by atoms with E-state index in [1.165, 1.54) is 0 Å². The van der Waals surface area contributed by atoms with Crippen molar-refractivity contribution in [2.45, 2.75) is 0 Å². The van der Waals surface area contributed by atoms with Crippen LogP contribution in [0.4, 0.5) is 0 Å². The molecule has 1 N–H and O–H groups in total. The van der Waals surface area contributed by atoms with Gasteiger partial charge in [0.1, 0.15) is 11.4 Å². The highest BCUT2D eigenvalue weighted by molar-refractivity contribution is 14.1. The van der Waals surface area contributed by atoms with Crippen LogP contribution in [0, 0.1) is 7.14 Å². The Bertz CT molecular complexity index is 675. The number of methoxy groups -OCH3 is 1. The summed E-state index contributed by atoms with van der Waals surface area (Å²) in [6.07, 6.45) is 3.12. The van der Waals surface area contributed by atoms with Gasteiger partial charge in [0, 0.05) is 15.3 Å². The van der Waals surface area contributed by atoms with E-state index in [0.717, 1.165) is 18.5 Å². The average Bonchev–Trinajstić information content (AvgIpc) is 2.47. The zero-order valence-corrected chi connectivity index (χ0v) is 15.3. The largest absolute Gasteiger partial charge is 0.495 e. The van der Waals surface area contributed by atoms with Crippen LogP contribution in [0.25, 0.3) is 0 Å². The molecular weight excluding hydrogens is 496 g/mol. The number of pyridine rings is 1. The first kappa shape index (κ1) is 16.1. The maximum Gasteiger partial charge on any atom is 0.289 e. The first-order valence-electron chi connectivity index (χ1n) is 5.89.